The average Bonchev–Trinajstić information content (AvgIpc) is 2.28. The van der Waals surface area contributed by atoms with Crippen molar-refractivity contribution in [2.45, 2.75) is 12.8 Å². The Bertz CT molecular complexity index is 369. The minimum atomic E-state index is -0.110. The Labute approximate surface area is 104 Å². The minimum absolute atomic E-state index is 0.110. The van der Waals surface area contributed by atoms with Crippen molar-refractivity contribution in [3.63, 3.8) is 0 Å². The normalized spacial score (nSPS) is 10.1. The van der Waals surface area contributed by atoms with Crippen LogP contribution < -0.4 is 0 Å². The van der Waals surface area contributed by atoms with Crippen molar-refractivity contribution in [1.82, 2.24) is 0 Å². The van der Waals surface area contributed by atoms with Crippen LogP contribution in [0.25, 0.3) is 0 Å². The monoisotopic (exact) mass is 258 g/mol. The molecular formula is C12H12Cl2O2. The summed E-state index contributed by atoms with van der Waals surface area (Å²) >= 11 is 11.9. The molecule has 0 unspecified atom stereocenters. The van der Waals surface area contributed by atoms with E-state index < -0.39 is 0 Å². The zero-order valence-corrected chi connectivity index (χ0v) is 10.1. The van der Waals surface area contributed by atoms with Crippen molar-refractivity contribution in [3.8, 4) is 11.5 Å². The van der Waals surface area contributed by atoms with E-state index in [1.807, 2.05) is 0 Å². The van der Waals surface area contributed by atoms with E-state index in [2.05, 4.69) is 13.2 Å². The highest BCUT2D eigenvalue weighted by molar-refractivity contribution is 6.36. The van der Waals surface area contributed by atoms with Crippen LogP contribution in [0.4, 0.5) is 0 Å². The summed E-state index contributed by atoms with van der Waals surface area (Å²) in [6.07, 6.45) is 3.83. The number of phenolic OH excluding ortho intramolecular Hbond substituents is 2. The highest BCUT2D eigenvalue weighted by atomic mass is 35.5. The number of hydrogen-bond donors (Lipinski definition) is 2. The molecule has 0 aliphatic heterocycles. The van der Waals surface area contributed by atoms with Gasteiger partial charge < -0.3 is 10.2 Å². The number of halogens is 2. The second-order valence-corrected chi connectivity index (χ2v) is 4.02. The van der Waals surface area contributed by atoms with Crippen LogP contribution in [0, 0.1) is 0 Å². The molecule has 1 rings (SSSR count). The molecule has 86 valence electrons. The molecule has 1 aromatic carbocycles. The van der Waals surface area contributed by atoms with Crippen molar-refractivity contribution in [2.24, 2.45) is 0 Å². The number of benzene rings is 1. The summed E-state index contributed by atoms with van der Waals surface area (Å²) in [5.74, 6) is -0.220. The zero-order valence-electron chi connectivity index (χ0n) is 8.63. The van der Waals surface area contributed by atoms with E-state index >= 15 is 0 Å². The first-order valence-corrected chi connectivity index (χ1v) is 5.42. The SMILES string of the molecule is C=CCc1c(O)c(Cl)c(CC=C)c(O)c1Cl. The van der Waals surface area contributed by atoms with Gasteiger partial charge in [-0.2, -0.15) is 0 Å². The van der Waals surface area contributed by atoms with Crippen LogP contribution in [0.1, 0.15) is 11.1 Å². The molecule has 0 spiro atoms. The van der Waals surface area contributed by atoms with Gasteiger partial charge in [0.2, 0.25) is 0 Å². The number of rotatable bonds is 4. The third-order valence-electron chi connectivity index (χ3n) is 2.21. The standard InChI is InChI=1S/C12H12Cl2O2/c1-3-5-7-9(13)12(16)8(6-4-2)10(14)11(7)15/h3-4,15-16H,1-2,5-6H2. The summed E-state index contributed by atoms with van der Waals surface area (Å²) in [5, 5.41) is 19.9. The molecule has 0 aliphatic rings. The summed E-state index contributed by atoms with van der Waals surface area (Å²) in [7, 11) is 0. The Morgan fingerprint density at radius 1 is 0.875 bits per heavy atom. The number of aromatic hydroxyl groups is 2. The fraction of sp³-hybridized carbons (Fsp3) is 0.167. The Balaban J connectivity index is 3.48. The second kappa shape index (κ2) is 5.28. The zero-order chi connectivity index (χ0) is 12.3. The lowest BCUT2D eigenvalue weighted by Gasteiger charge is -2.13. The summed E-state index contributed by atoms with van der Waals surface area (Å²) in [6.45, 7) is 7.09. The maximum atomic E-state index is 9.83. The molecule has 0 fully saturated rings. The minimum Gasteiger partial charge on any atom is -0.506 e. The van der Waals surface area contributed by atoms with Crippen LogP contribution in [-0.2, 0) is 12.8 Å². The molecule has 1 aromatic rings. The molecule has 0 aromatic heterocycles. The van der Waals surface area contributed by atoms with Crippen molar-refractivity contribution in [2.75, 3.05) is 0 Å². The predicted molar refractivity (Wildman–Crippen MR) is 67.6 cm³/mol. The lowest BCUT2D eigenvalue weighted by Crippen LogP contribution is -1.93. The van der Waals surface area contributed by atoms with Gasteiger partial charge in [0, 0.05) is 11.1 Å². The third kappa shape index (κ3) is 2.18. The van der Waals surface area contributed by atoms with E-state index in [9.17, 15) is 10.2 Å². The van der Waals surface area contributed by atoms with Gasteiger partial charge in [0.05, 0.1) is 10.0 Å². The quantitative estimate of drug-likeness (QED) is 0.636. The van der Waals surface area contributed by atoms with Crippen molar-refractivity contribution >= 4 is 23.2 Å². The Morgan fingerprint density at radius 2 is 1.19 bits per heavy atom. The highest BCUT2D eigenvalue weighted by Crippen LogP contribution is 2.44. The fourth-order valence-electron chi connectivity index (χ4n) is 1.42. The molecule has 0 aliphatic carbocycles. The van der Waals surface area contributed by atoms with Crippen molar-refractivity contribution in [3.05, 3.63) is 46.5 Å². The van der Waals surface area contributed by atoms with Crippen molar-refractivity contribution < 1.29 is 10.2 Å². The van der Waals surface area contributed by atoms with Crippen LogP contribution in [0.2, 0.25) is 10.0 Å². The molecule has 0 amide bonds. The van der Waals surface area contributed by atoms with E-state index in [0.29, 0.717) is 24.0 Å². The number of allylic oxidation sites excluding steroid dienone is 2. The van der Waals surface area contributed by atoms with Gasteiger partial charge in [0.1, 0.15) is 11.5 Å². The first kappa shape index (κ1) is 12.9. The maximum Gasteiger partial charge on any atom is 0.139 e. The van der Waals surface area contributed by atoms with Crippen LogP contribution in [0.5, 0.6) is 11.5 Å². The molecule has 4 heteroatoms. The summed E-state index contributed by atoms with van der Waals surface area (Å²) < 4.78 is 0. The predicted octanol–water partition coefficient (Wildman–Crippen LogP) is 3.86. The molecule has 0 heterocycles. The maximum absolute atomic E-state index is 9.83. The summed E-state index contributed by atoms with van der Waals surface area (Å²) in [6, 6.07) is 0. The molecule has 0 radical (unpaired) electrons. The smallest absolute Gasteiger partial charge is 0.139 e. The van der Waals surface area contributed by atoms with E-state index in [4.69, 9.17) is 23.2 Å². The fourth-order valence-corrected chi connectivity index (χ4v) is 1.98. The van der Waals surface area contributed by atoms with Crippen LogP contribution in [0.15, 0.2) is 25.3 Å². The van der Waals surface area contributed by atoms with E-state index in [-0.39, 0.29) is 21.5 Å². The van der Waals surface area contributed by atoms with E-state index in [1.54, 1.807) is 12.2 Å². The van der Waals surface area contributed by atoms with Crippen molar-refractivity contribution in [1.29, 1.82) is 0 Å². The van der Waals surface area contributed by atoms with Gasteiger partial charge in [-0.1, -0.05) is 35.4 Å². The molecule has 0 bridgehead atoms. The van der Waals surface area contributed by atoms with Gasteiger partial charge in [-0.3, -0.25) is 0 Å². The number of hydrogen-bond acceptors (Lipinski definition) is 2. The third-order valence-corrected chi connectivity index (χ3v) is 3.03. The number of phenols is 2. The largest absolute Gasteiger partial charge is 0.506 e. The van der Waals surface area contributed by atoms with Gasteiger partial charge in [-0.15, -0.1) is 13.2 Å². The Kier molecular flexibility index (Phi) is 4.27. The highest BCUT2D eigenvalue weighted by Gasteiger charge is 2.19. The lowest BCUT2D eigenvalue weighted by atomic mass is 10.0. The topological polar surface area (TPSA) is 40.5 Å². The molecule has 0 saturated heterocycles. The molecule has 2 nitrogen and oxygen atoms in total. The molecule has 0 saturated carbocycles. The van der Waals surface area contributed by atoms with Crippen LogP contribution in [0.3, 0.4) is 0 Å². The van der Waals surface area contributed by atoms with Crippen LogP contribution in [-0.4, -0.2) is 10.2 Å². The molecule has 0 atom stereocenters. The molecular weight excluding hydrogens is 247 g/mol. The first-order valence-electron chi connectivity index (χ1n) is 4.67. The Hall–Kier alpha value is -1.12. The van der Waals surface area contributed by atoms with Crippen LogP contribution >= 0.6 is 23.2 Å². The van der Waals surface area contributed by atoms with Gasteiger partial charge >= 0.3 is 0 Å². The van der Waals surface area contributed by atoms with E-state index in [0.717, 1.165) is 0 Å². The molecule has 16 heavy (non-hydrogen) atoms. The van der Waals surface area contributed by atoms with Gasteiger partial charge in [-0.25, -0.2) is 0 Å². The average molecular weight is 259 g/mol. The second-order valence-electron chi connectivity index (χ2n) is 3.27. The van der Waals surface area contributed by atoms with E-state index in [1.165, 1.54) is 0 Å². The van der Waals surface area contributed by atoms with Gasteiger partial charge in [-0.05, 0) is 12.8 Å². The molecule has 2 N–H and O–H groups in total. The van der Waals surface area contributed by atoms with Gasteiger partial charge in [0.25, 0.3) is 0 Å². The first-order chi connectivity index (χ1) is 7.54. The lowest BCUT2D eigenvalue weighted by molar-refractivity contribution is 0.451. The summed E-state index contributed by atoms with van der Waals surface area (Å²) in [5.41, 5.74) is 0.763. The van der Waals surface area contributed by atoms with Gasteiger partial charge in [0.15, 0.2) is 0 Å². The summed E-state index contributed by atoms with van der Waals surface area (Å²) in [4.78, 5) is 0. The Morgan fingerprint density at radius 3 is 1.44 bits per heavy atom.